The van der Waals surface area contributed by atoms with Crippen LogP contribution in [0, 0.1) is 5.92 Å². The van der Waals surface area contributed by atoms with Gasteiger partial charge in [-0.1, -0.05) is 12.1 Å². The lowest BCUT2D eigenvalue weighted by molar-refractivity contribution is 0.180. The summed E-state index contributed by atoms with van der Waals surface area (Å²) in [5.41, 5.74) is 3.37. The molecule has 0 spiro atoms. The second kappa shape index (κ2) is 5.91. The Kier molecular flexibility index (Phi) is 3.53. The fraction of sp³-hybridized carbons (Fsp3) is 0.333. The first kappa shape index (κ1) is 15.5. The molecular formula is C18H17N5O2S. The van der Waals surface area contributed by atoms with E-state index in [1.54, 1.807) is 6.07 Å². The van der Waals surface area contributed by atoms with Crippen molar-refractivity contribution in [1.29, 1.82) is 0 Å². The van der Waals surface area contributed by atoms with E-state index in [9.17, 15) is 4.79 Å². The molecule has 8 heteroatoms. The molecule has 2 unspecified atom stereocenters. The highest BCUT2D eigenvalue weighted by atomic mass is 32.1. The van der Waals surface area contributed by atoms with Crippen LogP contribution >= 0.6 is 12.2 Å². The zero-order valence-corrected chi connectivity index (χ0v) is 14.8. The number of nitrogens with one attached hydrogen (secondary N) is 1. The van der Waals surface area contributed by atoms with Crippen molar-refractivity contribution in [3.8, 4) is 0 Å². The maximum absolute atomic E-state index is 12.1. The molecule has 0 radical (unpaired) electrons. The van der Waals surface area contributed by atoms with Crippen molar-refractivity contribution >= 4 is 34.1 Å². The lowest BCUT2D eigenvalue weighted by Gasteiger charge is -2.43. The van der Waals surface area contributed by atoms with Crippen LogP contribution in [0.15, 0.2) is 45.8 Å². The van der Waals surface area contributed by atoms with Gasteiger partial charge in [-0.15, -0.1) is 0 Å². The quantitative estimate of drug-likeness (QED) is 0.661. The molecular weight excluding hydrogens is 350 g/mol. The van der Waals surface area contributed by atoms with E-state index in [0.29, 0.717) is 28.0 Å². The number of aromatic nitrogens is 3. The predicted molar refractivity (Wildman–Crippen MR) is 101 cm³/mol. The summed E-state index contributed by atoms with van der Waals surface area (Å²) in [7, 11) is 0. The zero-order chi connectivity index (χ0) is 17.7. The summed E-state index contributed by atoms with van der Waals surface area (Å²) in [5, 5.41) is 11.8. The van der Waals surface area contributed by atoms with Crippen LogP contribution < -0.4 is 10.9 Å². The Hall–Kier alpha value is -2.74. The van der Waals surface area contributed by atoms with Crippen LogP contribution in [-0.2, 0) is 6.54 Å². The Bertz CT molecular complexity index is 1060. The first-order chi connectivity index (χ1) is 12.7. The van der Waals surface area contributed by atoms with Crippen LogP contribution in [0.5, 0.6) is 0 Å². The van der Waals surface area contributed by atoms with Crippen LogP contribution in [0.25, 0.3) is 11.0 Å². The van der Waals surface area contributed by atoms with Gasteiger partial charge >= 0.3 is 0 Å². The number of hydrogen-bond donors (Lipinski definition) is 1. The fourth-order valence-electron chi connectivity index (χ4n) is 4.16. The Morgan fingerprint density at radius 1 is 1.15 bits per heavy atom. The van der Waals surface area contributed by atoms with E-state index in [1.165, 1.54) is 0 Å². The van der Waals surface area contributed by atoms with Gasteiger partial charge in [-0.25, -0.2) is 4.63 Å². The summed E-state index contributed by atoms with van der Waals surface area (Å²) < 4.78 is 6.74. The van der Waals surface area contributed by atoms with Gasteiger partial charge in [0.05, 0.1) is 5.69 Å². The predicted octanol–water partition coefficient (Wildman–Crippen LogP) is 2.20. The SMILES string of the molecule is O=c1cccc2n1CC1CC2CN(C(=S)Nc2cccc3nonc23)C1. The van der Waals surface area contributed by atoms with Gasteiger partial charge in [0.15, 0.2) is 10.6 Å². The Labute approximate surface area is 154 Å². The lowest BCUT2D eigenvalue weighted by atomic mass is 9.83. The van der Waals surface area contributed by atoms with Crippen molar-refractivity contribution in [3.05, 3.63) is 52.4 Å². The monoisotopic (exact) mass is 367 g/mol. The molecule has 3 aromatic rings. The van der Waals surface area contributed by atoms with Crippen LogP contribution in [0.4, 0.5) is 5.69 Å². The van der Waals surface area contributed by atoms with Gasteiger partial charge in [-0.3, -0.25) is 4.79 Å². The van der Waals surface area contributed by atoms with Gasteiger partial charge in [0.1, 0.15) is 5.52 Å². The summed E-state index contributed by atoms with van der Waals surface area (Å²) in [4.78, 5) is 14.3. The molecule has 132 valence electrons. The van der Waals surface area contributed by atoms with Crippen molar-refractivity contribution in [3.63, 3.8) is 0 Å². The summed E-state index contributed by atoms with van der Waals surface area (Å²) in [6.45, 7) is 2.41. The number of thiocarbonyl (C=S) groups is 1. The van der Waals surface area contributed by atoms with Crippen LogP contribution in [0.1, 0.15) is 18.0 Å². The average molecular weight is 367 g/mol. The largest absolute Gasteiger partial charge is 0.348 e. The Balaban J connectivity index is 1.40. The second-order valence-electron chi connectivity index (χ2n) is 6.97. The molecule has 0 saturated carbocycles. The first-order valence-corrected chi connectivity index (χ1v) is 9.07. The molecule has 7 nitrogen and oxygen atoms in total. The van der Waals surface area contributed by atoms with Gasteiger partial charge < -0.3 is 14.8 Å². The molecule has 0 amide bonds. The van der Waals surface area contributed by atoms with Crippen molar-refractivity contribution in [2.75, 3.05) is 18.4 Å². The van der Waals surface area contributed by atoms with E-state index < -0.39 is 0 Å². The van der Waals surface area contributed by atoms with Crippen LogP contribution in [-0.4, -0.2) is 38.0 Å². The number of pyridine rings is 1. The number of likely N-dealkylation sites (tertiary alicyclic amines) is 1. The molecule has 26 heavy (non-hydrogen) atoms. The molecule has 2 aromatic heterocycles. The fourth-order valence-corrected chi connectivity index (χ4v) is 4.42. The number of rotatable bonds is 1. The van der Waals surface area contributed by atoms with E-state index >= 15 is 0 Å². The maximum atomic E-state index is 12.1. The minimum Gasteiger partial charge on any atom is -0.348 e. The molecule has 2 aliphatic rings. The molecule has 2 atom stereocenters. The summed E-state index contributed by atoms with van der Waals surface area (Å²) in [5.74, 6) is 0.742. The zero-order valence-electron chi connectivity index (χ0n) is 14.0. The summed E-state index contributed by atoms with van der Waals surface area (Å²) >= 11 is 5.66. The smallest absolute Gasteiger partial charge is 0.250 e. The van der Waals surface area contributed by atoms with Gasteiger partial charge in [-0.05, 0) is 53.1 Å². The summed E-state index contributed by atoms with van der Waals surface area (Å²) in [6.07, 6.45) is 1.10. The Morgan fingerprint density at radius 3 is 2.96 bits per heavy atom. The van der Waals surface area contributed by atoms with E-state index in [1.807, 2.05) is 28.8 Å². The third kappa shape index (κ3) is 2.48. The highest BCUT2D eigenvalue weighted by Crippen LogP contribution is 2.35. The normalized spacial score (nSPS) is 21.5. The minimum atomic E-state index is 0.0940. The van der Waals surface area contributed by atoms with E-state index in [-0.39, 0.29) is 5.56 Å². The standard InChI is InChI=1S/C18H17N5O2S/c24-16-6-2-5-15-12-7-11(9-23(15)16)8-22(10-12)18(26)19-13-3-1-4-14-17(13)21-25-20-14/h1-6,11-12H,7-10H2,(H,19,26). The number of anilines is 1. The second-order valence-corrected chi connectivity index (χ2v) is 7.36. The molecule has 1 fully saturated rings. The first-order valence-electron chi connectivity index (χ1n) is 8.66. The third-order valence-electron chi connectivity index (χ3n) is 5.29. The topological polar surface area (TPSA) is 76.2 Å². The molecule has 1 saturated heterocycles. The van der Waals surface area contributed by atoms with Crippen molar-refractivity contribution in [2.24, 2.45) is 5.92 Å². The highest BCUT2D eigenvalue weighted by Gasteiger charge is 2.35. The molecule has 4 heterocycles. The van der Waals surface area contributed by atoms with E-state index in [4.69, 9.17) is 16.8 Å². The maximum Gasteiger partial charge on any atom is 0.250 e. The van der Waals surface area contributed by atoms with Gasteiger partial charge in [0, 0.05) is 37.3 Å². The number of piperidine rings is 1. The summed E-state index contributed by atoms with van der Waals surface area (Å²) in [6, 6.07) is 11.2. The number of nitrogens with zero attached hydrogens (tertiary/aromatic N) is 4. The minimum absolute atomic E-state index is 0.0940. The number of benzene rings is 1. The van der Waals surface area contributed by atoms with Crippen LogP contribution in [0.2, 0.25) is 0 Å². The van der Waals surface area contributed by atoms with Gasteiger partial charge in [-0.2, -0.15) is 0 Å². The van der Waals surface area contributed by atoms with E-state index in [0.717, 1.165) is 37.4 Å². The lowest BCUT2D eigenvalue weighted by Crippen LogP contribution is -2.50. The van der Waals surface area contributed by atoms with Gasteiger partial charge in [0.25, 0.3) is 5.56 Å². The average Bonchev–Trinajstić information content (AvgIpc) is 3.12. The van der Waals surface area contributed by atoms with Crippen molar-refractivity contribution in [2.45, 2.75) is 18.9 Å². The number of fused-ring (bicyclic) bond motifs is 5. The third-order valence-corrected chi connectivity index (χ3v) is 5.65. The van der Waals surface area contributed by atoms with Crippen molar-refractivity contribution < 1.29 is 4.63 Å². The van der Waals surface area contributed by atoms with Crippen molar-refractivity contribution in [1.82, 2.24) is 19.8 Å². The molecule has 5 rings (SSSR count). The highest BCUT2D eigenvalue weighted by molar-refractivity contribution is 7.80. The van der Waals surface area contributed by atoms with Gasteiger partial charge in [0.2, 0.25) is 0 Å². The number of hydrogen-bond acceptors (Lipinski definition) is 5. The molecule has 1 N–H and O–H groups in total. The molecule has 2 bridgehead atoms. The van der Waals surface area contributed by atoms with E-state index in [2.05, 4.69) is 26.6 Å². The molecule has 2 aliphatic heterocycles. The Morgan fingerprint density at radius 2 is 2.04 bits per heavy atom. The molecule has 0 aliphatic carbocycles. The molecule has 1 aromatic carbocycles. The van der Waals surface area contributed by atoms with Crippen LogP contribution in [0.3, 0.4) is 0 Å².